The first-order chi connectivity index (χ1) is 21.1. The lowest BCUT2D eigenvalue weighted by Gasteiger charge is -2.15. The molecule has 4 aromatic carbocycles. The van der Waals surface area contributed by atoms with Crippen molar-refractivity contribution >= 4 is 43.6 Å². The Kier molecular flexibility index (Phi) is 6.00. The van der Waals surface area contributed by atoms with Crippen molar-refractivity contribution in [1.82, 2.24) is 19.5 Å². The fourth-order valence-corrected chi connectivity index (χ4v) is 6.41. The van der Waals surface area contributed by atoms with Crippen LogP contribution >= 0.6 is 0 Å². The summed E-state index contributed by atoms with van der Waals surface area (Å²) in [6.45, 7) is 4.56. The molecular weight excluding hydrogens is 524 g/mol. The smallest absolute Gasteiger partial charge is 0.0964 e. The van der Waals surface area contributed by atoms with E-state index in [1.165, 1.54) is 32.8 Å². The molecule has 0 atom stereocenters. The van der Waals surface area contributed by atoms with Crippen LogP contribution in [0.15, 0.2) is 128 Å². The van der Waals surface area contributed by atoms with Crippen LogP contribution in [-0.2, 0) is 6.42 Å². The van der Waals surface area contributed by atoms with Crippen molar-refractivity contribution in [3.8, 4) is 28.1 Å². The van der Waals surface area contributed by atoms with Crippen molar-refractivity contribution < 1.29 is 0 Å². The molecule has 0 saturated carbocycles. The van der Waals surface area contributed by atoms with E-state index >= 15 is 0 Å². The molecule has 0 aliphatic rings. The van der Waals surface area contributed by atoms with Crippen LogP contribution < -0.4 is 0 Å². The predicted octanol–water partition coefficient (Wildman–Crippen LogP) is 9.81. The zero-order valence-corrected chi connectivity index (χ0v) is 24.2. The molecule has 0 saturated heterocycles. The summed E-state index contributed by atoms with van der Waals surface area (Å²) < 4.78 is 2.42. The molecule has 4 nitrogen and oxygen atoms in total. The van der Waals surface area contributed by atoms with Gasteiger partial charge >= 0.3 is 0 Å². The van der Waals surface area contributed by atoms with E-state index in [9.17, 15) is 0 Å². The van der Waals surface area contributed by atoms with Gasteiger partial charge in [-0.25, -0.2) is 0 Å². The average molecular weight is 555 g/mol. The maximum absolute atomic E-state index is 4.91. The third-order valence-corrected chi connectivity index (χ3v) is 8.29. The first-order valence-electron chi connectivity index (χ1n) is 14.9. The Morgan fingerprint density at radius 1 is 0.628 bits per heavy atom. The van der Waals surface area contributed by atoms with Crippen LogP contribution in [0.3, 0.4) is 0 Å². The van der Waals surface area contributed by atoms with Gasteiger partial charge in [0.15, 0.2) is 0 Å². The zero-order chi connectivity index (χ0) is 28.9. The van der Waals surface area contributed by atoms with Crippen molar-refractivity contribution in [3.63, 3.8) is 0 Å². The van der Waals surface area contributed by atoms with Crippen LogP contribution in [0.1, 0.15) is 19.4 Å². The van der Waals surface area contributed by atoms with E-state index in [4.69, 9.17) is 9.97 Å². The van der Waals surface area contributed by atoms with Crippen LogP contribution in [0.2, 0.25) is 0 Å². The van der Waals surface area contributed by atoms with Crippen molar-refractivity contribution in [2.45, 2.75) is 20.3 Å². The minimum atomic E-state index is 0.532. The Balaban J connectivity index is 1.39. The standard InChI is InChI=1S/C39H30N4/c1-25(2)18-26-19-30(36-22-27-8-3-4-9-29(27)24-42-36)21-31(20-26)43-37-12-6-5-10-33(37)34-14-13-28(23-38(34)43)32-15-17-40-35-11-7-16-41-39(32)35/h3-17,19-25H,18H2,1-2H3. The number of benzene rings is 4. The van der Waals surface area contributed by atoms with Crippen LogP contribution in [0, 0.1) is 5.92 Å². The van der Waals surface area contributed by atoms with Gasteiger partial charge in [0.25, 0.3) is 0 Å². The topological polar surface area (TPSA) is 43.6 Å². The van der Waals surface area contributed by atoms with E-state index in [2.05, 4.69) is 120 Å². The molecule has 4 aromatic heterocycles. The SMILES string of the molecule is CC(C)Cc1cc(-c2cc3ccccc3cn2)cc(-n2c3ccccc3c3ccc(-c4ccnc5cccnc45)cc32)c1. The molecule has 0 unspecified atom stereocenters. The molecule has 0 amide bonds. The lowest BCUT2D eigenvalue weighted by molar-refractivity contribution is 0.647. The molecule has 0 radical (unpaired) electrons. The third-order valence-electron chi connectivity index (χ3n) is 8.29. The number of aromatic nitrogens is 4. The van der Waals surface area contributed by atoms with Gasteiger partial charge in [0.1, 0.15) is 0 Å². The van der Waals surface area contributed by atoms with Crippen LogP contribution in [-0.4, -0.2) is 19.5 Å². The summed E-state index contributed by atoms with van der Waals surface area (Å²) >= 11 is 0. The highest BCUT2D eigenvalue weighted by Gasteiger charge is 2.16. The molecule has 206 valence electrons. The van der Waals surface area contributed by atoms with E-state index < -0.39 is 0 Å². The minimum Gasteiger partial charge on any atom is -0.309 e. The second-order valence-corrected chi connectivity index (χ2v) is 11.7. The van der Waals surface area contributed by atoms with Crippen molar-refractivity contribution in [2.75, 3.05) is 0 Å². The van der Waals surface area contributed by atoms with Gasteiger partial charge in [0, 0.05) is 51.6 Å². The van der Waals surface area contributed by atoms with Gasteiger partial charge in [0.05, 0.1) is 27.8 Å². The second-order valence-electron chi connectivity index (χ2n) is 11.7. The number of rotatable bonds is 5. The molecular formula is C39H30N4. The molecule has 0 aliphatic heterocycles. The summed E-state index contributed by atoms with van der Waals surface area (Å²) in [6, 6.07) is 39.1. The normalized spacial score (nSPS) is 11.8. The van der Waals surface area contributed by atoms with Crippen LogP contribution in [0.4, 0.5) is 0 Å². The number of hydrogen-bond acceptors (Lipinski definition) is 3. The fourth-order valence-electron chi connectivity index (χ4n) is 6.41. The molecule has 0 spiro atoms. The zero-order valence-electron chi connectivity index (χ0n) is 24.2. The fraction of sp³-hybridized carbons (Fsp3) is 0.103. The molecule has 4 heterocycles. The van der Waals surface area contributed by atoms with Gasteiger partial charge in [-0.1, -0.05) is 68.4 Å². The van der Waals surface area contributed by atoms with Gasteiger partial charge in [-0.2, -0.15) is 0 Å². The Morgan fingerprint density at radius 2 is 1.47 bits per heavy atom. The highest BCUT2D eigenvalue weighted by molar-refractivity contribution is 6.10. The molecule has 0 fully saturated rings. The second kappa shape index (κ2) is 10.2. The maximum Gasteiger partial charge on any atom is 0.0964 e. The largest absolute Gasteiger partial charge is 0.309 e. The monoisotopic (exact) mass is 554 g/mol. The summed E-state index contributed by atoms with van der Waals surface area (Å²) in [5.74, 6) is 0.532. The van der Waals surface area contributed by atoms with Crippen molar-refractivity contribution in [2.24, 2.45) is 5.92 Å². The van der Waals surface area contributed by atoms with Crippen LogP contribution in [0.25, 0.3) is 71.7 Å². The molecule has 43 heavy (non-hydrogen) atoms. The molecule has 0 bridgehead atoms. The van der Waals surface area contributed by atoms with Gasteiger partial charge in [0.2, 0.25) is 0 Å². The number of hydrogen-bond donors (Lipinski definition) is 0. The lowest BCUT2D eigenvalue weighted by atomic mass is 9.98. The van der Waals surface area contributed by atoms with E-state index in [-0.39, 0.29) is 0 Å². The molecule has 8 aromatic rings. The summed E-state index contributed by atoms with van der Waals surface area (Å²) in [5.41, 5.74) is 10.9. The van der Waals surface area contributed by atoms with Crippen molar-refractivity contribution in [1.29, 1.82) is 0 Å². The quantitative estimate of drug-likeness (QED) is 0.213. The highest BCUT2D eigenvalue weighted by Crippen LogP contribution is 2.37. The van der Waals surface area contributed by atoms with Gasteiger partial charge in [-0.05, 0) is 83.4 Å². The first-order valence-corrected chi connectivity index (χ1v) is 14.9. The van der Waals surface area contributed by atoms with Gasteiger partial charge in [-0.15, -0.1) is 0 Å². The minimum absolute atomic E-state index is 0.532. The Morgan fingerprint density at radius 3 is 2.37 bits per heavy atom. The molecule has 0 aliphatic carbocycles. The molecule has 0 N–H and O–H groups in total. The molecule has 4 heteroatoms. The summed E-state index contributed by atoms with van der Waals surface area (Å²) in [6.07, 6.45) is 6.69. The average Bonchev–Trinajstić information content (AvgIpc) is 3.37. The molecule has 8 rings (SSSR count). The predicted molar refractivity (Wildman–Crippen MR) is 179 cm³/mol. The van der Waals surface area contributed by atoms with Gasteiger partial charge < -0.3 is 4.57 Å². The number of fused-ring (bicyclic) bond motifs is 5. The summed E-state index contributed by atoms with van der Waals surface area (Å²) in [7, 11) is 0. The van der Waals surface area contributed by atoms with E-state index in [1.807, 2.05) is 30.7 Å². The number of pyridine rings is 3. The Bertz CT molecular complexity index is 2310. The first kappa shape index (κ1) is 25.4. The Labute approximate surface area is 250 Å². The lowest BCUT2D eigenvalue weighted by Crippen LogP contribution is -2.00. The van der Waals surface area contributed by atoms with E-state index in [1.54, 1.807) is 0 Å². The van der Waals surface area contributed by atoms with Gasteiger partial charge in [-0.3, -0.25) is 15.0 Å². The van der Waals surface area contributed by atoms with Crippen LogP contribution in [0.5, 0.6) is 0 Å². The summed E-state index contributed by atoms with van der Waals surface area (Å²) in [5, 5.41) is 4.81. The maximum atomic E-state index is 4.91. The van der Waals surface area contributed by atoms with E-state index in [0.717, 1.165) is 50.9 Å². The summed E-state index contributed by atoms with van der Waals surface area (Å²) in [4.78, 5) is 14.1. The number of para-hydroxylation sites is 1. The number of nitrogens with zero attached hydrogens (tertiary/aromatic N) is 4. The highest BCUT2D eigenvalue weighted by atomic mass is 15.0. The Hall–Kier alpha value is -5.35. The third kappa shape index (κ3) is 4.43. The van der Waals surface area contributed by atoms with Crippen molar-refractivity contribution in [3.05, 3.63) is 133 Å². The van der Waals surface area contributed by atoms with E-state index in [0.29, 0.717) is 5.92 Å².